The monoisotopic (exact) mass is 383 g/mol. The first-order valence-corrected chi connectivity index (χ1v) is 9.46. The zero-order valence-corrected chi connectivity index (χ0v) is 14.0. The topological polar surface area (TPSA) is 76.4 Å². The van der Waals surface area contributed by atoms with E-state index in [1.165, 1.54) is 12.8 Å². The minimum atomic E-state index is -3.94. The number of amides is 1. The third-order valence-electron chi connectivity index (χ3n) is 3.28. The van der Waals surface area contributed by atoms with Gasteiger partial charge in [0, 0.05) is 22.8 Å². The van der Waals surface area contributed by atoms with Crippen molar-refractivity contribution in [3.8, 4) is 0 Å². The maximum absolute atomic E-state index is 12.0. The molecule has 1 amide bonds. The van der Waals surface area contributed by atoms with Gasteiger partial charge < -0.3 is 9.73 Å². The normalized spacial score (nSPS) is 16.9. The molecule has 1 aliphatic carbocycles. The van der Waals surface area contributed by atoms with Crippen molar-refractivity contribution < 1.29 is 17.6 Å². The molecular weight excluding hydrogens is 370 g/mol. The molecule has 2 rings (SSSR count). The predicted molar refractivity (Wildman–Crippen MR) is 78.3 cm³/mol. The molecule has 0 aromatic carbocycles. The van der Waals surface area contributed by atoms with Crippen LogP contribution in [0.1, 0.15) is 43.2 Å². The van der Waals surface area contributed by atoms with E-state index in [0.29, 0.717) is 5.92 Å². The van der Waals surface area contributed by atoms with E-state index in [9.17, 15) is 13.2 Å². The summed E-state index contributed by atoms with van der Waals surface area (Å²) in [6, 6.07) is 1.21. The summed E-state index contributed by atoms with van der Waals surface area (Å²) < 4.78 is 27.6. The van der Waals surface area contributed by atoms with Crippen molar-refractivity contribution in [1.29, 1.82) is 0 Å². The molecular formula is C12H15BrClNO4S. The van der Waals surface area contributed by atoms with Crippen LogP contribution in [-0.4, -0.2) is 20.4 Å². The van der Waals surface area contributed by atoms with E-state index in [-0.39, 0.29) is 21.4 Å². The van der Waals surface area contributed by atoms with Crippen LogP contribution in [-0.2, 0) is 9.05 Å². The zero-order valence-electron chi connectivity index (χ0n) is 10.9. The molecule has 1 N–H and O–H groups in total. The molecule has 1 aliphatic rings. The van der Waals surface area contributed by atoms with Crippen molar-refractivity contribution in [2.24, 2.45) is 5.92 Å². The summed E-state index contributed by atoms with van der Waals surface area (Å²) in [5.74, 6) is 0.206. The molecule has 0 spiro atoms. The second kappa shape index (κ2) is 6.07. The fourth-order valence-corrected chi connectivity index (χ4v) is 4.00. The van der Waals surface area contributed by atoms with E-state index in [4.69, 9.17) is 15.1 Å². The summed E-state index contributed by atoms with van der Waals surface area (Å²) in [6.45, 7) is 2.00. The van der Waals surface area contributed by atoms with Crippen LogP contribution in [0.3, 0.4) is 0 Å². The summed E-state index contributed by atoms with van der Waals surface area (Å²) in [7, 11) is 1.30. The number of rotatable bonds is 6. The molecule has 20 heavy (non-hydrogen) atoms. The minimum Gasteiger partial charge on any atom is -0.443 e. The Morgan fingerprint density at radius 1 is 1.60 bits per heavy atom. The Morgan fingerprint density at radius 3 is 2.70 bits per heavy atom. The van der Waals surface area contributed by atoms with Gasteiger partial charge >= 0.3 is 0 Å². The lowest BCUT2D eigenvalue weighted by atomic mass is 10.1. The van der Waals surface area contributed by atoms with Crippen molar-refractivity contribution in [2.45, 2.75) is 43.5 Å². The second-order valence-corrected chi connectivity index (χ2v) is 8.20. The highest BCUT2D eigenvalue weighted by Gasteiger charge is 2.27. The van der Waals surface area contributed by atoms with Crippen molar-refractivity contribution in [3.63, 3.8) is 0 Å². The standard InChI is InChI=1S/C12H15BrClNO4S/c1-2-8(5-7-3-4-7)15-12(16)9-6-10(11(13)19-9)20(14,17)18/h6-8H,2-5H2,1H3,(H,15,16). The van der Waals surface area contributed by atoms with E-state index < -0.39 is 15.0 Å². The first-order valence-electron chi connectivity index (χ1n) is 6.36. The molecule has 1 fully saturated rings. The van der Waals surface area contributed by atoms with Gasteiger partial charge in [0.05, 0.1) is 0 Å². The Labute approximate surface area is 130 Å². The van der Waals surface area contributed by atoms with Crippen LogP contribution >= 0.6 is 26.6 Å². The molecule has 1 saturated carbocycles. The van der Waals surface area contributed by atoms with Crippen molar-refractivity contribution in [1.82, 2.24) is 5.32 Å². The molecule has 1 aromatic rings. The summed E-state index contributed by atoms with van der Waals surface area (Å²) in [5.41, 5.74) is 0. The van der Waals surface area contributed by atoms with E-state index in [1.54, 1.807) is 0 Å². The van der Waals surface area contributed by atoms with E-state index >= 15 is 0 Å². The first kappa shape index (κ1) is 15.9. The Kier molecular flexibility index (Phi) is 4.81. The van der Waals surface area contributed by atoms with Gasteiger partial charge in [0.15, 0.2) is 10.4 Å². The highest BCUT2D eigenvalue weighted by Crippen LogP contribution is 2.34. The minimum absolute atomic E-state index is 0.0621. The number of hydrogen-bond donors (Lipinski definition) is 1. The van der Waals surface area contributed by atoms with Gasteiger partial charge in [-0.1, -0.05) is 19.8 Å². The molecule has 1 atom stereocenters. The van der Waals surface area contributed by atoms with Gasteiger partial charge in [0.2, 0.25) is 0 Å². The fraction of sp³-hybridized carbons (Fsp3) is 0.583. The molecule has 5 nitrogen and oxygen atoms in total. The van der Waals surface area contributed by atoms with Crippen LogP contribution in [0, 0.1) is 5.92 Å². The summed E-state index contributed by atoms with van der Waals surface area (Å²) >= 11 is 2.94. The molecule has 1 unspecified atom stereocenters. The van der Waals surface area contributed by atoms with Gasteiger partial charge in [0.1, 0.15) is 4.90 Å². The molecule has 0 radical (unpaired) electrons. The quantitative estimate of drug-likeness (QED) is 0.764. The summed E-state index contributed by atoms with van der Waals surface area (Å²) in [6.07, 6.45) is 4.20. The van der Waals surface area contributed by atoms with Crippen LogP contribution < -0.4 is 5.32 Å². The average Bonchev–Trinajstić information content (AvgIpc) is 3.06. The largest absolute Gasteiger partial charge is 0.443 e. The fourth-order valence-electron chi connectivity index (χ4n) is 1.97. The summed E-state index contributed by atoms with van der Waals surface area (Å²) in [4.78, 5) is 11.8. The van der Waals surface area contributed by atoms with Crippen LogP contribution in [0.4, 0.5) is 0 Å². The Morgan fingerprint density at radius 2 is 2.25 bits per heavy atom. The van der Waals surface area contributed by atoms with Gasteiger partial charge in [0.25, 0.3) is 15.0 Å². The van der Waals surface area contributed by atoms with E-state index in [2.05, 4.69) is 21.2 Å². The van der Waals surface area contributed by atoms with Crippen LogP contribution in [0.15, 0.2) is 20.0 Å². The number of furan rings is 1. The maximum Gasteiger partial charge on any atom is 0.287 e. The lowest BCUT2D eigenvalue weighted by Gasteiger charge is -2.15. The van der Waals surface area contributed by atoms with Crippen LogP contribution in [0.5, 0.6) is 0 Å². The molecule has 112 valence electrons. The molecule has 0 aliphatic heterocycles. The van der Waals surface area contributed by atoms with E-state index in [0.717, 1.165) is 18.9 Å². The molecule has 1 heterocycles. The van der Waals surface area contributed by atoms with Gasteiger partial charge in [-0.3, -0.25) is 4.79 Å². The average molecular weight is 385 g/mol. The van der Waals surface area contributed by atoms with Crippen LogP contribution in [0.2, 0.25) is 0 Å². The molecule has 0 bridgehead atoms. The Bertz CT molecular complexity index is 609. The smallest absolute Gasteiger partial charge is 0.287 e. The number of halogens is 2. The Hall–Kier alpha value is -0.530. The third-order valence-corrected chi connectivity index (χ3v) is 5.46. The number of nitrogens with one attached hydrogen (secondary N) is 1. The third kappa shape index (κ3) is 3.99. The van der Waals surface area contributed by atoms with Gasteiger partial charge in [-0.05, 0) is 34.7 Å². The predicted octanol–water partition coefficient (Wildman–Crippen LogP) is 3.28. The van der Waals surface area contributed by atoms with Gasteiger partial charge in [-0.25, -0.2) is 8.42 Å². The lowest BCUT2D eigenvalue weighted by molar-refractivity contribution is 0.0903. The van der Waals surface area contributed by atoms with Crippen molar-refractivity contribution in [2.75, 3.05) is 0 Å². The highest BCUT2D eigenvalue weighted by molar-refractivity contribution is 9.10. The van der Waals surface area contributed by atoms with Gasteiger partial charge in [-0.15, -0.1) is 0 Å². The maximum atomic E-state index is 12.0. The SMILES string of the molecule is CCC(CC1CC1)NC(=O)c1cc(S(=O)(=O)Cl)c(Br)o1. The van der Waals surface area contributed by atoms with E-state index in [1.807, 2.05) is 6.92 Å². The lowest BCUT2D eigenvalue weighted by Crippen LogP contribution is -2.34. The summed E-state index contributed by atoms with van der Waals surface area (Å²) in [5, 5.41) is 2.85. The van der Waals surface area contributed by atoms with Gasteiger partial charge in [-0.2, -0.15) is 0 Å². The number of carbonyl (C=O) groups excluding carboxylic acids is 1. The Balaban J connectivity index is 2.08. The highest BCUT2D eigenvalue weighted by atomic mass is 79.9. The number of carbonyl (C=O) groups is 1. The van der Waals surface area contributed by atoms with Crippen molar-refractivity contribution in [3.05, 3.63) is 16.5 Å². The zero-order chi connectivity index (χ0) is 14.9. The second-order valence-electron chi connectivity index (χ2n) is 4.94. The molecule has 1 aromatic heterocycles. The number of hydrogen-bond acceptors (Lipinski definition) is 4. The first-order chi connectivity index (χ1) is 9.31. The molecule has 0 saturated heterocycles. The van der Waals surface area contributed by atoms with Crippen molar-refractivity contribution >= 4 is 41.6 Å². The molecule has 8 heteroatoms. The van der Waals surface area contributed by atoms with Crippen LogP contribution in [0.25, 0.3) is 0 Å².